The van der Waals surface area contributed by atoms with E-state index >= 15 is 0 Å². The van der Waals surface area contributed by atoms with Crippen LogP contribution in [0, 0.1) is 0 Å². The maximum atomic E-state index is 4.94. The molecule has 3 aromatic rings. The molecule has 0 fully saturated rings. The third-order valence-corrected chi connectivity index (χ3v) is 8.15. The van der Waals surface area contributed by atoms with Crippen molar-refractivity contribution in [3.05, 3.63) is 91.8 Å². The Morgan fingerprint density at radius 2 is 0.947 bits per heavy atom. The van der Waals surface area contributed by atoms with Gasteiger partial charge in [-0.05, 0) is 71.2 Å². The highest BCUT2D eigenvalue weighted by Crippen LogP contribution is 2.40. The zero-order valence-electron chi connectivity index (χ0n) is 25.5. The molecule has 3 aromatic carbocycles. The zero-order valence-corrected chi connectivity index (χ0v) is 27.1. The average Bonchev–Trinajstić information content (AvgIpc) is 2.79. The fourth-order valence-electron chi connectivity index (χ4n) is 3.86. The minimum atomic E-state index is 0.0748. The van der Waals surface area contributed by atoms with Crippen LogP contribution in [0.15, 0.2) is 70.5 Å². The van der Waals surface area contributed by atoms with Crippen LogP contribution in [-0.2, 0) is 21.7 Å². The Balaban J connectivity index is 1.87. The number of hydrogen-bond donors (Lipinski definition) is 0. The Labute approximate surface area is 240 Å². The van der Waals surface area contributed by atoms with Crippen molar-refractivity contribution in [2.75, 3.05) is 0 Å². The van der Waals surface area contributed by atoms with Gasteiger partial charge in [-0.25, -0.2) is 11.9 Å². The van der Waals surface area contributed by atoms with E-state index in [1.165, 1.54) is 45.6 Å². The molecule has 0 amide bonds. The van der Waals surface area contributed by atoms with Gasteiger partial charge in [-0.1, -0.05) is 113 Å². The molecule has 0 aliphatic rings. The quantitative estimate of drug-likeness (QED) is 0.299. The summed E-state index contributed by atoms with van der Waals surface area (Å²) in [7, 11) is 0. The molecule has 0 radical (unpaired) electrons. The van der Waals surface area contributed by atoms with Crippen LogP contribution in [0.1, 0.15) is 105 Å². The molecule has 4 heteroatoms. The highest BCUT2D eigenvalue weighted by molar-refractivity contribution is 8.02. The Kier molecular flexibility index (Phi) is 8.83. The van der Waals surface area contributed by atoms with Gasteiger partial charge in [0.15, 0.2) is 0 Å². The second-order valence-corrected chi connectivity index (χ2v) is 16.1. The molecule has 0 spiro atoms. The average molecular weight is 547 g/mol. The van der Waals surface area contributed by atoms with Gasteiger partial charge in [-0.15, -0.1) is 5.69 Å². The van der Waals surface area contributed by atoms with Crippen LogP contribution in [0.25, 0.3) is 8.91 Å². The molecule has 0 aliphatic heterocycles. The van der Waals surface area contributed by atoms with E-state index in [-0.39, 0.29) is 21.7 Å². The first-order valence-corrected chi connectivity index (χ1v) is 15.1. The van der Waals surface area contributed by atoms with Crippen LogP contribution in [0.5, 0.6) is 0 Å². The minimum Gasteiger partial charge on any atom is -0.627 e. The second kappa shape index (κ2) is 11.1. The van der Waals surface area contributed by atoms with Gasteiger partial charge in [0, 0.05) is 12.1 Å². The van der Waals surface area contributed by atoms with Gasteiger partial charge in [0.1, 0.15) is 4.90 Å². The first kappa shape index (κ1) is 30.3. The number of nitrogens with zero attached hydrogens (tertiary/aromatic N) is 2. The lowest BCUT2D eigenvalue weighted by molar-refractivity contribution is 0.568. The molecule has 0 unspecified atom stereocenters. The van der Waals surface area contributed by atoms with Gasteiger partial charge in [0.05, 0.1) is 0 Å². The molecule has 38 heavy (non-hydrogen) atoms. The Hall–Kier alpha value is -2.26. The third kappa shape index (κ3) is 8.37. The van der Waals surface area contributed by atoms with E-state index in [1.54, 1.807) is 0 Å². The highest BCUT2D eigenvalue weighted by atomic mass is 32.2. The monoisotopic (exact) mass is 546 g/mol. The predicted molar refractivity (Wildman–Crippen MR) is 172 cm³/mol. The van der Waals surface area contributed by atoms with Crippen LogP contribution in [0.4, 0.5) is 11.4 Å². The standard InChI is InChI=1S/C34H46N2S2/c1-31(2,3)23-16-24(32(4,5)6)19-27(18-23)35-37-29-14-13-15-30(22-29)38-36-28-20-25(33(7,8)9)17-26(21-28)34(10,11)12/h13-22H,1-12H3. The van der Waals surface area contributed by atoms with Gasteiger partial charge in [-0.2, -0.15) is 0 Å². The number of hydrogen-bond acceptors (Lipinski definition) is 1. The molecule has 0 aromatic heterocycles. The molecule has 0 aliphatic carbocycles. The summed E-state index contributed by atoms with van der Waals surface area (Å²) in [5.74, 6) is 0. The molecular weight excluding hydrogens is 501 g/mol. The predicted octanol–water partition coefficient (Wildman–Crippen LogP) is 12.3. The Morgan fingerprint density at radius 1 is 0.526 bits per heavy atom. The summed E-state index contributed by atoms with van der Waals surface area (Å²) in [6.07, 6.45) is 0. The molecule has 0 saturated carbocycles. The highest BCUT2D eigenvalue weighted by Gasteiger charge is 2.23. The lowest BCUT2D eigenvalue weighted by Gasteiger charge is -2.30. The van der Waals surface area contributed by atoms with E-state index in [0.717, 1.165) is 21.2 Å². The van der Waals surface area contributed by atoms with Gasteiger partial charge < -0.3 is 4.72 Å². The van der Waals surface area contributed by atoms with Crippen molar-refractivity contribution in [3.63, 3.8) is 0 Å². The van der Waals surface area contributed by atoms with Crippen molar-refractivity contribution in [1.82, 2.24) is 0 Å². The normalized spacial score (nSPS) is 12.7. The van der Waals surface area contributed by atoms with Crippen LogP contribution in [0.3, 0.4) is 0 Å². The largest absolute Gasteiger partial charge is 0.627 e. The van der Waals surface area contributed by atoms with Crippen molar-refractivity contribution in [3.8, 4) is 0 Å². The van der Waals surface area contributed by atoms with Crippen molar-refractivity contribution in [2.45, 2.75) is 115 Å². The summed E-state index contributed by atoms with van der Waals surface area (Å²) in [4.78, 5) is 2.23. The third-order valence-electron chi connectivity index (χ3n) is 6.62. The smallest absolute Gasteiger partial charge is 0.347 e. The van der Waals surface area contributed by atoms with Crippen LogP contribution >= 0.6 is 23.3 Å². The molecule has 0 atom stereocenters. The SMILES string of the molecule is CC(C)(C)c1cc([N+]#Sc2cccc(S[N-]c3cc(C(C)(C)C)cc(C(C)(C)C)c3)c2)cc(C(C)(C)C)c1. The molecule has 204 valence electrons. The van der Waals surface area contributed by atoms with Crippen molar-refractivity contribution in [2.24, 2.45) is 0 Å². The molecule has 0 N–H and O–H groups in total. The summed E-state index contributed by atoms with van der Waals surface area (Å²) in [5.41, 5.74) is 7.61. The molecule has 3 rings (SSSR count). The van der Waals surface area contributed by atoms with Crippen LogP contribution in [-0.4, -0.2) is 0 Å². The summed E-state index contributed by atoms with van der Waals surface area (Å²) >= 11 is 3.06. The fraction of sp³-hybridized carbons (Fsp3) is 0.471. The lowest BCUT2D eigenvalue weighted by Crippen LogP contribution is -2.16. The topological polar surface area (TPSA) is 18.5 Å². The van der Waals surface area contributed by atoms with Gasteiger partial charge >= 0.3 is 5.69 Å². The van der Waals surface area contributed by atoms with E-state index in [2.05, 4.69) is 144 Å². The van der Waals surface area contributed by atoms with E-state index < -0.39 is 0 Å². The molecule has 0 saturated heterocycles. The fourth-order valence-corrected chi connectivity index (χ4v) is 5.20. The number of benzene rings is 3. The second-order valence-electron chi connectivity index (χ2n) is 14.4. The van der Waals surface area contributed by atoms with Gasteiger partial charge in [0.25, 0.3) is 11.4 Å². The maximum absolute atomic E-state index is 4.94. The first-order chi connectivity index (χ1) is 17.3. The van der Waals surface area contributed by atoms with Gasteiger partial charge in [0.2, 0.25) is 0 Å². The van der Waals surface area contributed by atoms with Crippen LogP contribution in [0.2, 0.25) is 0 Å². The van der Waals surface area contributed by atoms with E-state index in [1.807, 2.05) is 0 Å². The maximum Gasteiger partial charge on any atom is 0.347 e. The van der Waals surface area contributed by atoms with Crippen molar-refractivity contribution in [1.29, 1.82) is 0 Å². The molecule has 0 bridgehead atoms. The Bertz CT molecular complexity index is 1280. The number of rotatable bonds is 3. The van der Waals surface area contributed by atoms with E-state index in [0.29, 0.717) is 0 Å². The first-order valence-electron chi connectivity index (χ1n) is 13.5. The van der Waals surface area contributed by atoms with E-state index in [4.69, 9.17) is 8.91 Å². The molecule has 2 nitrogen and oxygen atoms in total. The van der Waals surface area contributed by atoms with Crippen molar-refractivity contribution >= 4 is 34.7 Å². The molecular formula is C34H46N2S2. The Morgan fingerprint density at radius 3 is 1.39 bits per heavy atom. The summed E-state index contributed by atoms with van der Waals surface area (Å²) in [5, 5.41) is 0. The summed E-state index contributed by atoms with van der Waals surface area (Å²) in [6.45, 7) is 27.1. The lowest BCUT2D eigenvalue weighted by atomic mass is 9.80. The summed E-state index contributed by atoms with van der Waals surface area (Å²) < 4.78 is 9.88. The van der Waals surface area contributed by atoms with Crippen LogP contribution < -0.4 is 0 Å². The summed E-state index contributed by atoms with van der Waals surface area (Å²) in [6, 6.07) is 22.1. The minimum absolute atomic E-state index is 0.0748. The van der Waals surface area contributed by atoms with Gasteiger partial charge in [-0.3, -0.25) is 0 Å². The molecule has 0 heterocycles. The zero-order chi connectivity index (χ0) is 28.5. The van der Waals surface area contributed by atoms with E-state index in [9.17, 15) is 0 Å². The van der Waals surface area contributed by atoms with Crippen molar-refractivity contribution < 1.29 is 0 Å².